The van der Waals surface area contributed by atoms with Gasteiger partial charge in [0.15, 0.2) is 5.78 Å². The van der Waals surface area contributed by atoms with Crippen LogP contribution in [0.1, 0.15) is 26.1 Å². The third-order valence-electron chi connectivity index (χ3n) is 3.41. The van der Waals surface area contributed by atoms with Gasteiger partial charge in [-0.3, -0.25) is 9.48 Å². The number of carbonyl (C=O) groups is 1. The molecule has 0 aliphatic carbocycles. The average molecular weight is 285 g/mol. The van der Waals surface area contributed by atoms with Crippen LogP contribution in [0.5, 0.6) is 0 Å². The second-order valence-corrected chi connectivity index (χ2v) is 6.13. The molecule has 1 aromatic carbocycles. The molecule has 2 heterocycles. The third kappa shape index (κ3) is 2.14. The first-order valence-electron chi connectivity index (χ1n) is 6.44. The molecular formula is C15H15N3OS. The summed E-state index contributed by atoms with van der Waals surface area (Å²) in [6, 6.07) is 7.79. The summed E-state index contributed by atoms with van der Waals surface area (Å²) < 4.78 is 1.75. The molecule has 0 bridgehead atoms. The van der Waals surface area contributed by atoms with Crippen LogP contribution in [0.15, 0.2) is 24.3 Å². The summed E-state index contributed by atoms with van der Waals surface area (Å²) in [5.74, 6) is 0.0237. The number of carbonyl (C=O) groups excluding carboxylic acids is 1. The molecule has 0 amide bonds. The highest BCUT2D eigenvalue weighted by molar-refractivity contribution is 7.11. The minimum atomic E-state index is 0.0237. The van der Waals surface area contributed by atoms with Gasteiger partial charge in [-0.2, -0.15) is 5.10 Å². The lowest BCUT2D eigenvalue weighted by atomic mass is 10.1. The fraction of sp³-hybridized carbons (Fsp3) is 0.267. The number of aromatic nitrogens is 3. The number of para-hydroxylation sites is 1. The van der Waals surface area contributed by atoms with E-state index >= 15 is 0 Å². The molecule has 0 aliphatic rings. The van der Waals surface area contributed by atoms with E-state index in [9.17, 15) is 4.79 Å². The van der Waals surface area contributed by atoms with Crippen molar-refractivity contribution in [2.24, 2.45) is 7.05 Å². The fourth-order valence-corrected chi connectivity index (χ4v) is 3.19. The van der Waals surface area contributed by atoms with E-state index in [0.717, 1.165) is 21.6 Å². The van der Waals surface area contributed by atoms with Crippen molar-refractivity contribution in [2.75, 3.05) is 0 Å². The van der Waals surface area contributed by atoms with Gasteiger partial charge in [-0.05, 0) is 19.9 Å². The Hall–Kier alpha value is -2.01. The Morgan fingerprint density at radius 3 is 2.75 bits per heavy atom. The van der Waals surface area contributed by atoms with Crippen LogP contribution in [-0.4, -0.2) is 20.5 Å². The van der Waals surface area contributed by atoms with Crippen molar-refractivity contribution in [1.29, 1.82) is 0 Å². The van der Waals surface area contributed by atoms with Crippen LogP contribution in [0, 0.1) is 13.8 Å². The number of nitrogens with zero attached hydrogens (tertiary/aromatic N) is 3. The molecule has 0 fully saturated rings. The molecule has 0 atom stereocenters. The molecule has 0 radical (unpaired) electrons. The maximum absolute atomic E-state index is 12.5. The van der Waals surface area contributed by atoms with Crippen molar-refractivity contribution in [3.05, 3.63) is 45.5 Å². The Kier molecular flexibility index (Phi) is 3.14. The molecule has 0 N–H and O–H groups in total. The van der Waals surface area contributed by atoms with Gasteiger partial charge in [0.2, 0.25) is 0 Å². The van der Waals surface area contributed by atoms with E-state index in [-0.39, 0.29) is 5.78 Å². The average Bonchev–Trinajstić information content (AvgIpc) is 2.91. The molecule has 0 aliphatic heterocycles. The first-order chi connectivity index (χ1) is 9.56. The van der Waals surface area contributed by atoms with E-state index in [0.29, 0.717) is 12.1 Å². The second kappa shape index (κ2) is 4.83. The number of ketones is 1. The van der Waals surface area contributed by atoms with Crippen molar-refractivity contribution < 1.29 is 4.79 Å². The van der Waals surface area contributed by atoms with Gasteiger partial charge in [0.25, 0.3) is 0 Å². The van der Waals surface area contributed by atoms with Crippen molar-refractivity contribution >= 4 is 28.0 Å². The number of Topliss-reactive ketones (excluding diaryl/α,β-unsaturated/α-hetero) is 1. The standard InChI is InChI=1S/C15H15N3OS/c1-9-10(2)20-14(16-9)8-13(19)15-11-6-4-5-7-12(11)18(3)17-15/h4-7H,8H2,1-3H3. The number of benzene rings is 1. The minimum absolute atomic E-state index is 0.0237. The first kappa shape index (κ1) is 13.0. The maximum atomic E-state index is 12.5. The number of thiazole rings is 1. The van der Waals surface area contributed by atoms with Crippen molar-refractivity contribution in [2.45, 2.75) is 20.3 Å². The highest BCUT2D eigenvalue weighted by atomic mass is 32.1. The molecule has 4 nitrogen and oxygen atoms in total. The van der Waals surface area contributed by atoms with Gasteiger partial charge in [-0.1, -0.05) is 18.2 Å². The number of fused-ring (bicyclic) bond motifs is 1. The third-order valence-corrected chi connectivity index (χ3v) is 4.48. The molecule has 3 aromatic rings. The van der Waals surface area contributed by atoms with Crippen molar-refractivity contribution in [3.8, 4) is 0 Å². The SMILES string of the molecule is Cc1nc(CC(=O)c2nn(C)c3ccccc23)sc1C. The highest BCUT2D eigenvalue weighted by Crippen LogP contribution is 2.21. The van der Waals surface area contributed by atoms with Crippen LogP contribution in [0.3, 0.4) is 0 Å². The summed E-state index contributed by atoms with van der Waals surface area (Å²) in [6.45, 7) is 3.99. The molecule has 5 heteroatoms. The van der Waals surface area contributed by atoms with Gasteiger partial charge in [0.1, 0.15) is 10.7 Å². The van der Waals surface area contributed by atoms with Crippen molar-refractivity contribution in [1.82, 2.24) is 14.8 Å². The molecule has 2 aromatic heterocycles. The number of rotatable bonds is 3. The number of hydrogen-bond donors (Lipinski definition) is 0. The molecule has 0 saturated carbocycles. The lowest BCUT2D eigenvalue weighted by molar-refractivity contribution is 0.0989. The normalized spacial score (nSPS) is 11.2. The summed E-state index contributed by atoms with van der Waals surface area (Å²) >= 11 is 1.58. The Balaban J connectivity index is 1.97. The highest BCUT2D eigenvalue weighted by Gasteiger charge is 2.17. The largest absolute Gasteiger partial charge is 0.292 e. The Bertz CT molecular complexity index is 781. The number of hydrogen-bond acceptors (Lipinski definition) is 4. The van der Waals surface area contributed by atoms with E-state index in [1.165, 1.54) is 4.88 Å². The summed E-state index contributed by atoms with van der Waals surface area (Å²) in [5, 5.41) is 6.13. The molecule has 3 rings (SSSR count). The van der Waals surface area contributed by atoms with E-state index in [1.54, 1.807) is 16.0 Å². The lowest BCUT2D eigenvalue weighted by Crippen LogP contribution is -2.05. The zero-order valence-electron chi connectivity index (χ0n) is 11.7. The van der Waals surface area contributed by atoms with Crippen LogP contribution >= 0.6 is 11.3 Å². The molecule has 0 saturated heterocycles. The fourth-order valence-electron chi connectivity index (χ4n) is 2.26. The van der Waals surface area contributed by atoms with Crippen LogP contribution in [0.25, 0.3) is 10.9 Å². The van der Waals surface area contributed by atoms with Gasteiger partial charge in [0.05, 0.1) is 17.6 Å². The molecule has 0 unspecified atom stereocenters. The van der Waals surface area contributed by atoms with Gasteiger partial charge in [-0.15, -0.1) is 11.3 Å². The van der Waals surface area contributed by atoms with Gasteiger partial charge in [0, 0.05) is 17.3 Å². The van der Waals surface area contributed by atoms with Crippen molar-refractivity contribution in [3.63, 3.8) is 0 Å². The smallest absolute Gasteiger partial charge is 0.190 e. The zero-order chi connectivity index (χ0) is 14.3. The molecular weight excluding hydrogens is 270 g/mol. The quantitative estimate of drug-likeness (QED) is 0.695. The van der Waals surface area contributed by atoms with E-state index in [4.69, 9.17) is 0 Å². The lowest BCUT2D eigenvalue weighted by Gasteiger charge is -1.94. The predicted molar refractivity (Wildman–Crippen MR) is 80.3 cm³/mol. The summed E-state index contributed by atoms with van der Waals surface area (Å²) in [4.78, 5) is 18.0. The topological polar surface area (TPSA) is 47.8 Å². The number of aryl methyl sites for hydroxylation is 3. The van der Waals surface area contributed by atoms with Crippen LogP contribution < -0.4 is 0 Å². The van der Waals surface area contributed by atoms with Crippen LogP contribution in [-0.2, 0) is 13.5 Å². The zero-order valence-corrected chi connectivity index (χ0v) is 12.5. The second-order valence-electron chi connectivity index (χ2n) is 4.84. The summed E-state index contributed by atoms with van der Waals surface area (Å²) in [6.07, 6.45) is 0.320. The van der Waals surface area contributed by atoms with E-state index in [2.05, 4.69) is 10.1 Å². The Labute approximate surface area is 121 Å². The van der Waals surface area contributed by atoms with Gasteiger partial charge < -0.3 is 0 Å². The first-order valence-corrected chi connectivity index (χ1v) is 7.25. The Morgan fingerprint density at radius 2 is 2.05 bits per heavy atom. The van der Waals surface area contributed by atoms with Gasteiger partial charge >= 0.3 is 0 Å². The predicted octanol–water partition coefficient (Wildman–Crippen LogP) is 3.07. The Morgan fingerprint density at radius 1 is 1.30 bits per heavy atom. The molecule has 0 spiro atoms. The van der Waals surface area contributed by atoms with E-state index < -0.39 is 0 Å². The van der Waals surface area contributed by atoms with Gasteiger partial charge in [-0.25, -0.2) is 4.98 Å². The maximum Gasteiger partial charge on any atom is 0.190 e. The van der Waals surface area contributed by atoms with Crippen LogP contribution in [0.4, 0.5) is 0 Å². The van der Waals surface area contributed by atoms with E-state index in [1.807, 2.05) is 45.2 Å². The van der Waals surface area contributed by atoms with Crippen LogP contribution in [0.2, 0.25) is 0 Å². The molecule has 102 valence electrons. The summed E-state index contributed by atoms with van der Waals surface area (Å²) in [5.41, 5.74) is 2.51. The monoisotopic (exact) mass is 285 g/mol. The summed E-state index contributed by atoms with van der Waals surface area (Å²) in [7, 11) is 1.86. The minimum Gasteiger partial charge on any atom is -0.292 e. The molecule has 20 heavy (non-hydrogen) atoms.